The molecule has 4 rings (SSSR count). The van der Waals surface area contributed by atoms with E-state index >= 15 is 0 Å². The topological polar surface area (TPSA) is 33.2 Å². The van der Waals surface area contributed by atoms with E-state index in [4.69, 9.17) is 0 Å². The average molecular weight is 356 g/mol. The molecule has 0 unspecified atom stereocenters. The third-order valence-corrected chi connectivity index (χ3v) is 5.27. The van der Waals surface area contributed by atoms with E-state index in [1.165, 1.54) is 16.7 Å². The van der Waals surface area contributed by atoms with Crippen LogP contribution < -0.4 is 0 Å². The lowest BCUT2D eigenvalue weighted by Gasteiger charge is -2.26. The average Bonchev–Trinajstić information content (AvgIpc) is 2.74. The van der Waals surface area contributed by atoms with Gasteiger partial charge in [0.25, 0.3) is 0 Å². The molecule has 2 heterocycles. The summed E-state index contributed by atoms with van der Waals surface area (Å²) in [5.41, 5.74) is 6.10. The Morgan fingerprint density at radius 1 is 1.07 bits per heavy atom. The number of amides is 1. The van der Waals surface area contributed by atoms with Crippen LogP contribution in [0.25, 0.3) is 22.0 Å². The second-order valence-electron chi connectivity index (χ2n) is 7.10. The van der Waals surface area contributed by atoms with Gasteiger partial charge in [-0.15, -0.1) is 0 Å². The van der Waals surface area contributed by atoms with E-state index in [1.54, 1.807) is 0 Å². The lowest BCUT2D eigenvalue weighted by Crippen LogP contribution is -2.34. The Morgan fingerprint density at radius 2 is 1.89 bits per heavy atom. The van der Waals surface area contributed by atoms with Crippen molar-refractivity contribution in [2.24, 2.45) is 0 Å². The molecule has 0 aliphatic carbocycles. The quantitative estimate of drug-likeness (QED) is 0.616. The number of carbonyl (C=O) groups excluding carboxylic acids is 1. The van der Waals surface area contributed by atoms with Crippen molar-refractivity contribution in [3.05, 3.63) is 78.0 Å². The van der Waals surface area contributed by atoms with Crippen LogP contribution in [0.15, 0.2) is 72.4 Å². The van der Waals surface area contributed by atoms with Crippen molar-refractivity contribution in [2.45, 2.75) is 26.2 Å². The van der Waals surface area contributed by atoms with Gasteiger partial charge in [-0.3, -0.25) is 9.78 Å². The van der Waals surface area contributed by atoms with Crippen LogP contribution in [-0.2, 0) is 11.2 Å². The number of carbonyl (C=O) groups is 1. The highest BCUT2D eigenvalue weighted by Gasteiger charge is 2.15. The van der Waals surface area contributed by atoms with Gasteiger partial charge in [-0.05, 0) is 36.1 Å². The molecule has 1 aliphatic heterocycles. The van der Waals surface area contributed by atoms with Crippen molar-refractivity contribution in [1.29, 1.82) is 0 Å². The van der Waals surface area contributed by atoms with Gasteiger partial charge in [0.1, 0.15) is 0 Å². The standard InChI is InChI=1S/C24H24N2O/c1-2-24(27)26-13-11-19(12-14-26)15-18-7-9-20(10-8-18)22-16-21-5-3-4-6-23(21)25-17-22/h3-11,16-17H,2,12-15H2,1H3. The molecule has 27 heavy (non-hydrogen) atoms. The van der Waals surface area contributed by atoms with Crippen molar-refractivity contribution in [3.8, 4) is 11.1 Å². The molecular formula is C24H24N2O. The first-order valence-electron chi connectivity index (χ1n) is 9.62. The van der Waals surface area contributed by atoms with Crippen LogP contribution in [0.4, 0.5) is 0 Å². The van der Waals surface area contributed by atoms with Crippen molar-refractivity contribution in [1.82, 2.24) is 9.88 Å². The van der Waals surface area contributed by atoms with Crippen LogP contribution in [-0.4, -0.2) is 28.9 Å². The van der Waals surface area contributed by atoms with Gasteiger partial charge in [0, 0.05) is 36.7 Å². The fourth-order valence-corrected chi connectivity index (χ4v) is 3.63. The fourth-order valence-electron chi connectivity index (χ4n) is 3.63. The van der Waals surface area contributed by atoms with E-state index in [1.807, 2.05) is 36.2 Å². The minimum Gasteiger partial charge on any atom is -0.339 e. The van der Waals surface area contributed by atoms with Crippen LogP contribution in [0.5, 0.6) is 0 Å². The van der Waals surface area contributed by atoms with Gasteiger partial charge >= 0.3 is 0 Å². The van der Waals surface area contributed by atoms with E-state index in [-0.39, 0.29) is 5.91 Å². The van der Waals surface area contributed by atoms with Gasteiger partial charge in [-0.2, -0.15) is 0 Å². The molecular weight excluding hydrogens is 332 g/mol. The molecule has 3 nitrogen and oxygen atoms in total. The van der Waals surface area contributed by atoms with Crippen molar-refractivity contribution >= 4 is 16.8 Å². The molecule has 2 aromatic carbocycles. The minimum absolute atomic E-state index is 0.249. The summed E-state index contributed by atoms with van der Waals surface area (Å²) in [4.78, 5) is 18.3. The highest BCUT2D eigenvalue weighted by atomic mass is 16.2. The lowest BCUT2D eigenvalue weighted by atomic mass is 9.97. The molecule has 3 heteroatoms. The van der Waals surface area contributed by atoms with Crippen LogP contribution >= 0.6 is 0 Å². The first kappa shape index (κ1) is 17.5. The molecule has 0 bridgehead atoms. The molecule has 1 amide bonds. The van der Waals surface area contributed by atoms with Crippen LogP contribution in [0.1, 0.15) is 25.3 Å². The Labute approximate surface area is 160 Å². The summed E-state index contributed by atoms with van der Waals surface area (Å²) in [5.74, 6) is 0.249. The summed E-state index contributed by atoms with van der Waals surface area (Å²) in [6.07, 6.45) is 6.69. The summed E-state index contributed by atoms with van der Waals surface area (Å²) in [6.45, 7) is 3.52. The van der Waals surface area contributed by atoms with Gasteiger partial charge in [0.15, 0.2) is 0 Å². The summed E-state index contributed by atoms with van der Waals surface area (Å²) in [5, 5.41) is 1.16. The molecule has 0 saturated heterocycles. The second kappa shape index (κ2) is 7.75. The largest absolute Gasteiger partial charge is 0.339 e. The molecule has 0 spiro atoms. The third-order valence-electron chi connectivity index (χ3n) is 5.27. The molecule has 1 aromatic heterocycles. The molecule has 0 saturated carbocycles. The summed E-state index contributed by atoms with van der Waals surface area (Å²) in [7, 11) is 0. The van der Waals surface area contributed by atoms with Crippen molar-refractivity contribution in [3.63, 3.8) is 0 Å². The van der Waals surface area contributed by atoms with Gasteiger partial charge in [0.2, 0.25) is 5.91 Å². The monoisotopic (exact) mass is 356 g/mol. The predicted octanol–water partition coefficient (Wildman–Crippen LogP) is 5.01. The van der Waals surface area contributed by atoms with Gasteiger partial charge in [0.05, 0.1) is 5.52 Å². The smallest absolute Gasteiger partial charge is 0.222 e. The number of hydrogen-bond donors (Lipinski definition) is 0. The molecule has 0 atom stereocenters. The Morgan fingerprint density at radius 3 is 2.63 bits per heavy atom. The zero-order valence-electron chi connectivity index (χ0n) is 15.7. The van der Waals surface area contributed by atoms with E-state index < -0.39 is 0 Å². The maximum absolute atomic E-state index is 11.8. The summed E-state index contributed by atoms with van der Waals surface area (Å²) in [6, 6.07) is 19.2. The zero-order chi connectivity index (χ0) is 18.6. The summed E-state index contributed by atoms with van der Waals surface area (Å²) < 4.78 is 0. The van der Waals surface area contributed by atoms with Gasteiger partial charge in [-0.1, -0.05) is 61.0 Å². The Bertz CT molecular complexity index is 989. The van der Waals surface area contributed by atoms with Gasteiger partial charge < -0.3 is 4.90 Å². The Balaban J connectivity index is 1.46. The van der Waals surface area contributed by atoms with Crippen LogP contribution in [0, 0.1) is 0 Å². The normalized spacial score (nSPS) is 14.3. The number of aromatic nitrogens is 1. The van der Waals surface area contributed by atoms with E-state index in [9.17, 15) is 4.79 Å². The fraction of sp³-hybridized carbons (Fsp3) is 0.250. The first-order valence-corrected chi connectivity index (χ1v) is 9.62. The predicted molar refractivity (Wildman–Crippen MR) is 110 cm³/mol. The number of benzene rings is 2. The van der Waals surface area contributed by atoms with E-state index in [0.29, 0.717) is 6.42 Å². The highest BCUT2D eigenvalue weighted by Crippen LogP contribution is 2.24. The number of nitrogens with zero attached hydrogens (tertiary/aromatic N) is 2. The number of rotatable bonds is 4. The molecule has 0 radical (unpaired) electrons. The summed E-state index contributed by atoms with van der Waals surface area (Å²) >= 11 is 0. The van der Waals surface area contributed by atoms with Crippen molar-refractivity contribution in [2.75, 3.05) is 13.1 Å². The molecule has 3 aromatic rings. The Hall–Kier alpha value is -2.94. The third kappa shape index (κ3) is 3.92. The Kier molecular flexibility index (Phi) is 5.01. The van der Waals surface area contributed by atoms with Gasteiger partial charge in [-0.25, -0.2) is 0 Å². The maximum Gasteiger partial charge on any atom is 0.222 e. The molecule has 0 fully saturated rings. The highest BCUT2D eigenvalue weighted by molar-refractivity contribution is 5.83. The molecule has 136 valence electrons. The number of pyridine rings is 1. The van der Waals surface area contributed by atoms with E-state index in [2.05, 4.69) is 47.5 Å². The van der Waals surface area contributed by atoms with Crippen LogP contribution in [0.3, 0.4) is 0 Å². The van der Waals surface area contributed by atoms with E-state index in [0.717, 1.165) is 42.4 Å². The second-order valence-corrected chi connectivity index (χ2v) is 7.10. The SMILES string of the molecule is CCC(=O)N1CC=C(Cc2ccc(-c3cnc4ccccc4c3)cc2)CC1. The lowest BCUT2D eigenvalue weighted by molar-refractivity contribution is -0.130. The molecule has 1 aliphatic rings. The minimum atomic E-state index is 0.249. The maximum atomic E-state index is 11.8. The zero-order valence-corrected chi connectivity index (χ0v) is 15.7. The first-order chi connectivity index (χ1) is 13.2. The number of hydrogen-bond acceptors (Lipinski definition) is 2. The van der Waals surface area contributed by atoms with Crippen LogP contribution in [0.2, 0.25) is 0 Å². The number of fused-ring (bicyclic) bond motifs is 1. The number of para-hydroxylation sites is 1. The van der Waals surface area contributed by atoms with Crippen molar-refractivity contribution < 1.29 is 4.79 Å². The molecule has 0 N–H and O–H groups in total.